The van der Waals surface area contributed by atoms with Gasteiger partial charge in [0, 0.05) is 13.2 Å². The third kappa shape index (κ3) is 6.22. The number of hydrogen-bond acceptors (Lipinski definition) is 2. The van der Waals surface area contributed by atoms with Crippen LogP contribution in [0.15, 0.2) is 78.9 Å². The molecule has 1 saturated heterocycles. The number of rotatable bonds is 9. The first-order valence-electron chi connectivity index (χ1n) is 12.6. The van der Waals surface area contributed by atoms with Gasteiger partial charge in [-0.05, 0) is 84.2 Å². The largest absolute Gasteiger partial charge is 0.396 e. The molecule has 4 rings (SSSR count). The fraction of sp³-hybridized carbons (Fsp3) is 0.355. The fourth-order valence-corrected chi connectivity index (χ4v) is 4.88. The number of benzene rings is 3. The maximum Gasteiger partial charge on any atom is 0.0434 e. The molecule has 2 nitrogen and oxygen atoms in total. The van der Waals surface area contributed by atoms with E-state index in [1.54, 1.807) is 0 Å². The van der Waals surface area contributed by atoms with Crippen molar-refractivity contribution in [2.24, 2.45) is 0 Å². The van der Waals surface area contributed by atoms with Crippen LogP contribution < -0.4 is 0 Å². The molecular formula is C31H37NO. The van der Waals surface area contributed by atoms with Crippen molar-refractivity contribution in [2.75, 3.05) is 19.7 Å². The Kier molecular flexibility index (Phi) is 8.52. The van der Waals surface area contributed by atoms with Crippen LogP contribution in [-0.4, -0.2) is 29.7 Å². The zero-order chi connectivity index (χ0) is 22.9. The summed E-state index contributed by atoms with van der Waals surface area (Å²) in [6, 6.07) is 28.9. The number of aliphatic hydroxyl groups is 1. The Morgan fingerprint density at radius 2 is 1.33 bits per heavy atom. The molecule has 1 N–H and O–H groups in total. The summed E-state index contributed by atoms with van der Waals surface area (Å²) < 4.78 is 0. The van der Waals surface area contributed by atoms with Gasteiger partial charge in [-0.2, -0.15) is 0 Å². The summed E-state index contributed by atoms with van der Waals surface area (Å²) >= 11 is 0. The first-order chi connectivity index (χ1) is 16.3. The highest BCUT2D eigenvalue weighted by Crippen LogP contribution is 2.35. The Balaban J connectivity index is 1.75. The second kappa shape index (κ2) is 12.0. The molecule has 1 aliphatic heterocycles. The van der Waals surface area contributed by atoms with Crippen LogP contribution in [0.4, 0.5) is 0 Å². The van der Waals surface area contributed by atoms with Gasteiger partial charge in [0.05, 0.1) is 0 Å². The van der Waals surface area contributed by atoms with Crippen molar-refractivity contribution in [1.82, 2.24) is 4.90 Å². The van der Waals surface area contributed by atoms with Gasteiger partial charge in [0.25, 0.3) is 0 Å². The van der Waals surface area contributed by atoms with Gasteiger partial charge in [0.15, 0.2) is 0 Å². The van der Waals surface area contributed by atoms with Crippen LogP contribution in [0.1, 0.15) is 66.8 Å². The summed E-state index contributed by atoms with van der Waals surface area (Å²) in [6.07, 6.45) is 6.67. The van der Waals surface area contributed by atoms with E-state index in [0.717, 1.165) is 25.8 Å². The van der Waals surface area contributed by atoms with E-state index in [9.17, 15) is 5.11 Å². The first kappa shape index (κ1) is 23.5. The maximum absolute atomic E-state index is 9.62. The first-order valence-corrected chi connectivity index (χ1v) is 12.6. The standard InChI is InChI=1S/C31H37NO/c1-2-25-13-17-28(18-14-25)31(30(12-9-23-33)27-10-5-3-6-11-27)29-19-15-26(16-20-29)24-32-21-7-4-8-22-32/h3,5-6,10-11,13-20,33H,2,4,7-9,12,21-24H2,1H3/b31-30-. The van der Waals surface area contributed by atoms with Gasteiger partial charge < -0.3 is 5.11 Å². The fourth-order valence-electron chi connectivity index (χ4n) is 4.88. The molecular weight excluding hydrogens is 402 g/mol. The second-order valence-corrected chi connectivity index (χ2v) is 9.13. The molecule has 1 aliphatic rings. The van der Waals surface area contributed by atoms with Gasteiger partial charge in [0.2, 0.25) is 0 Å². The van der Waals surface area contributed by atoms with Crippen molar-refractivity contribution < 1.29 is 5.11 Å². The molecule has 2 heteroatoms. The van der Waals surface area contributed by atoms with Crippen molar-refractivity contribution in [1.29, 1.82) is 0 Å². The number of piperidine rings is 1. The van der Waals surface area contributed by atoms with Gasteiger partial charge in [0.1, 0.15) is 0 Å². The van der Waals surface area contributed by atoms with E-state index in [2.05, 4.69) is 90.7 Å². The molecule has 0 aliphatic carbocycles. The molecule has 0 spiro atoms. The molecule has 0 atom stereocenters. The topological polar surface area (TPSA) is 23.5 Å². The Morgan fingerprint density at radius 1 is 0.727 bits per heavy atom. The van der Waals surface area contributed by atoms with E-state index in [1.165, 1.54) is 71.3 Å². The predicted molar refractivity (Wildman–Crippen MR) is 140 cm³/mol. The lowest BCUT2D eigenvalue weighted by molar-refractivity contribution is 0.221. The molecule has 33 heavy (non-hydrogen) atoms. The quantitative estimate of drug-likeness (QED) is 0.364. The minimum atomic E-state index is 0.202. The van der Waals surface area contributed by atoms with Gasteiger partial charge >= 0.3 is 0 Å². The summed E-state index contributed by atoms with van der Waals surface area (Å²) in [4.78, 5) is 2.58. The summed E-state index contributed by atoms with van der Waals surface area (Å²) in [7, 11) is 0. The predicted octanol–water partition coefficient (Wildman–Crippen LogP) is 6.97. The van der Waals surface area contributed by atoms with Gasteiger partial charge in [-0.25, -0.2) is 0 Å². The van der Waals surface area contributed by atoms with Crippen LogP contribution in [-0.2, 0) is 13.0 Å². The molecule has 1 heterocycles. The van der Waals surface area contributed by atoms with E-state index >= 15 is 0 Å². The summed E-state index contributed by atoms with van der Waals surface area (Å²) in [5.74, 6) is 0. The molecule has 3 aromatic carbocycles. The number of aryl methyl sites for hydroxylation is 1. The lowest BCUT2D eigenvalue weighted by Crippen LogP contribution is -2.29. The molecule has 0 saturated carbocycles. The SMILES string of the molecule is CCc1ccc(/C(=C(\CCCO)c2ccccc2)c2ccc(CN3CCCCC3)cc2)cc1. The number of nitrogens with zero attached hydrogens (tertiary/aromatic N) is 1. The van der Waals surface area contributed by atoms with Gasteiger partial charge in [-0.3, -0.25) is 4.90 Å². The minimum absolute atomic E-state index is 0.202. The molecule has 3 aromatic rings. The third-order valence-corrected chi connectivity index (χ3v) is 6.76. The van der Waals surface area contributed by atoms with Gasteiger partial charge in [-0.1, -0.05) is 92.2 Å². The molecule has 0 amide bonds. The van der Waals surface area contributed by atoms with E-state index in [1.807, 2.05) is 0 Å². The van der Waals surface area contributed by atoms with Crippen LogP contribution in [0.2, 0.25) is 0 Å². The van der Waals surface area contributed by atoms with Gasteiger partial charge in [-0.15, -0.1) is 0 Å². The van der Waals surface area contributed by atoms with Crippen LogP contribution in [0.5, 0.6) is 0 Å². The monoisotopic (exact) mass is 439 g/mol. The normalized spacial score (nSPS) is 15.3. The van der Waals surface area contributed by atoms with Crippen molar-refractivity contribution in [3.05, 3.63) is 107 Å². The van der Waals surface area contributed by atoms with Crippen molar-refractivity contribution in [2.45, 2.75) is 52.0 Å². The lowest BCUT2D eigenvalue weighted by atomic mass is 9.86. The van der Waals surface area contributed by atoms with Crippen LogP contribution in [0, 0.1) is 0 Å². The third-order valence-electron chi connectivity index (χ3n) is 6.76. The average molecular weight is 440 g/mol. The Bertz CT molecular complexity index is 1010. The van der Waals surface area contributed by atoms with Crippen LogP contribution in [0.25, 0.3) is 11.1 Å². The molecule has 0 aromatic heterocycles. The Hall–Kier alpha value is -2.68. The average Bonchev–Trinajstić information content (AvgIpc) is 2.88. The minimum Gasteiger partial charge on any atom is -0.396 e. The Labute approximate surface area is 199 Å². The zero-order valence-corrected chi connectivity index (χ0v) is 20.0. The summed E-state index contributed by atoms with van der Waals surface area (Å²) in [6.45, 7) is 5.88. The van der Waals surface area contributed by atoms with Crippen molar-refractivity contribution >= 4 is 11.1 Å². The molecule has 0 unspecified atom stereocenters. The van der Waals surface area contributed by atoms with E-state index < -0.39 is 0 Å². The zero-order valence-electron chi connectivity index (χ0n) is 20.0. The number of hydrogen-bond donors (Lipinski definition) is 1. The number of aliphatic hydroxyl groups excluding tert-OH is 1. The van der Waals surface area contributed by atoms with Crippen LogP contribution in [0.3, 0.4) is 0 Å². The van der Waals surface area contributed by atoms with E-state index in [0.29, 0.717) is 0 Å². The number of allylic oxidation sites excluding steroid dienone is 1. The highest BCUT2D eigenvalue weighted by Gasteiger charge is 2.15. The molecule has 1 fully saturated rings. The molecule has 0 bridgehead atoms. The van der Waals surface area contributed by atoms with Crippen molar-refractivity contribution in [3.63, 3.8) is 0 Å². The summed E-state index contributed by atoms with van der Waals surface area (Å²) in [5.41, 5.74) is 9.05. The maximum atomic E-state index is 9.62. The highest BCUT2D eigenvalue weighted by atomic mass is 16.2. The van der Waals surface area contributed by atoms with Crippen molar-refractivity contribution in [3.8, 4) is 0 Å². The molecule has 172 valence electrons. The highest BCUT2D eigenvalue weighted by molar-refractivity contribution is 5.98. The second-order valence-electron chi connectivity index (χ2n) is 9.13. The summed E-state index contributed by atoms with van der Waals surface area (Å²) in [5, 5.41) is 9.62. The Morgan fingerprint density at radius 3 is 1.91 bits per heavy atom. The van der Waals surface area contributed by atoms with E-state index in [-0.39, 0.29) is 6.61 Å². The van der Waals surface area contributed by atoms with Crippen LogP contribution >= 0.6 is 0 Å². The van der Waals surface area contributed by atoms with E-state index in [4.69, 9.17) is 0 Å². The number of likely N-dealkylation sites (tertiary alicyclic amines) is 1. The molecule has 0 radical (unpaired) electrons. The smallest absolute Gasteiger partial charge is 0.0434 e. The lowest BCUT2D eigenvalue weighted by Gasteiger charge is -2.26.